The molecule has 2 aliphatic rings. The van der Waals surface area contributed by atoms with Crippen molar-refractivity contribution in [2.75, 3.05) is 7.11 Å². The first-order valence-corrected chi connectivity index (χ1v) is 14.8. The van der Waals surface area contributed by atoms with Crippen molar-refractivity contribution >= 4 is 11.8 Å². The van der Waals surface area contributed by atoms with Crippen LogP contribution >= 0.6 is 0 Å². The third kappa shape index (κ3) is 5.15. The Balaban J connectivity index is 1.87. The van der Waals surface area contributed by atoms with E-state index in [9.17, 15) is 19.5 Å². The van der Waals surface area contributed by atoms with E-state index in [0.717, 1.165) is 12.0 Å². The van der Waals surface area contributed by atoms with Crippen LogP contribution in [0, 0.1) is 19.3 Å². The number of Topliss-reactive ketones (excluding diaryl/α,β-unsaturated/α-hetero) is 1. The van der Waals surface area contributed by atoms with Crippen LogP contribution in [-0.2, 0) is 11.3 Å². The molecule has 9 heteroatoms. The number of carboxylic acids is 1. The van der Waals surface area contributed by atoms with Crippen LogP contribution in [0.3, 0.4) is 0 Å². The lowest BCUT2D eigenvalue weighted by atomic mass is 9.69. The van der Waals surface area contributed by atoms with Gasteiger partial charge < -0.3 is 14.6 Å². The third-order valence-corrected chi connectivity index (χ3v) is 8.40. The predicted octanol–water partition coefficient (Wildman–Crippen LogP) is 6.33. The summed E-state index contributed by atoms with van der Waals surface area (Å²) in [5.74, 6) is -0.109. The van der Waals surface area contributed by atoms with E-state index in [1.54, 1.807) is 36.8 Å². The van der Waals surface area contributed by atoms with Gasteiger partial charge in [-0.05, 0) is 55.0 Å². The summed E-state index contributed by atoms with van der Waals surface area (Å²) in [5, 5.41) is 9.73. The van der Waals surface area contributed by atoms with E-state index in [1.807, 2.05) is 47.6 Å². The fourth-order valence-electron chi connectivity index (χ4n) is 6.42. The topological polar surface area (TPSA) is 121 Å². The Morgan fingerprint density at radius 1 is 1.12 bits per heavy atom. The number of nitrogens with zero attached hydrogens (tertiary/aromatic N) is 3. The minimum atomic E-state index is -1.11. The Hall–Kier alpha value is -4.27. The average Bonchev–Trinajstić information content (AvgIpc) is 2.92. The zero-order valence-corrected chi connectivity index (χ0v) is 26.1. The number of methoxy groups -OCH3 is 1. The van der Waals surface area contributed by atoms with E-state index in [0.29, 0.717) is 70.2 Å². The lowest BCUT2D eigenvalue weighted by Crippen LogP contribution is -2.39. The smallest absolute Gasteiger partial charge is 0.354 e. The molecule has 0 spiro atoms. The number of fused-ring (bicyclic) bond motifs is 1. The largest absolute Gasteiger partial charge is 0.496 e. The lowest BCUT2D eigenvalue weighted by Gasteiger charge is -2.38. The summed E-state index contributed by atoms with van der Waals surface area (Å²) in [7, 11) is 1.56. The maximum Gasteiger partial charge on any atom is 0.354 e. The lowest BCUT2D eigenvalue weighted by molar-refractivity contribution is -0.118. The molecular formula is C34H39N3O6. The second-order valence-corrected chi connectivity index (χ2v) is 12.6. The number of aromatic nitrogens is 3. The molecule has 0 unspecified atom stereocenters. The molecule has 9 nitrogen and oxygen atoms in total. The van der Waals surface area contributed by atoms with Gasteiger partial charge in [0.05, 0.1) is 24.3 Å². The van der Waals surface area contributed by atoms with Crippen LogP contribution in [-0.4, -0.2) is 38.5 Å². The highest BCUT2D eigenvalue weighted by Gasteiger charge is 2.46. The van der Waals surface area contributed by atoms with Gasteiger partial charge in [-0.25, -0.2) is 9.78 Å². The van der Waals surface area contributed by atoms with Gasteiger partial charge in [-0.1, -0.05) is 40.7 Å². The van der Waals surface area contributed by atoms with Crippen molar-refractivity contribution in [2.45, 2.75) is 86.1 Å². The molecular weight excluding hydrogens is 546 g/mol. The van der Waals surface area contributed by atoms with Gasteiger partial charge in [0, 0.05) is 42.0 Å². The molecule has 0 amide bonds. The number of carbonyl (C=O) groups excluding carboxylic acids is 1. The zero-order valence-electron chi connectivity index (χ0n) is 26.1. The predicted molar refractivity (Wildman–Crippen MR) is 163 cm³/mol. The van der Waals surface area contributed by atoms with E-state index in [-0.39, 0.29) is 34.2 Å². The summed E-state index contributed by atoms with van der Waals surface area (Å²) in [6.45, 7) is 14.1. The Morgan fingerprint density at radius 3 is 2.47 bits per heavy atom. The van der Waals surface area contributed by atoms with Gasteiger partial charge in [0.2, 0.25) is 5.88 Å². The van der Waals surface area contributed by atoms with Gasteiger partial charge in [0.15, 0.2) is 11.5 Å². The monoisotopic (exact) mass is 585 g/mol. The Bertz CT molecular complexity index is 1750. The van der Waals surface area contributed by atoms with E-state index in [2.05, 4.69) is 4.98 Å². The highest BCUT2D eigenvalue weighted by atomic mass is 16.5. The maximum absolute atomic E-state index is 14.4. The molecule has 0 saturated heterocycles. The van der Waals surface area contributed by atoms with E-state index in [4.69, 9.17) is 14.5 Å². The number of pyridine rings is 1. The number of carboxylic acid groups (broad SMARTS) is 1. The highest BCUT2D eigenvalue weighted by Crippen LogP contribution is 2.52. The molecule has 1 aliphatic carbocycles. The summed E-state index contributed by atoms with van der Waals surface area (Å²) in [6, 6.07) is 7.12. The van der Waals surface area contributed by atoms with Crippen LogP contribution in [0.15, 0.2) is 40.4 Å². The number of aromatic carboxylic acids is 1. The molecule has 0 saturated carbocycles. The molecule has 0 fully saturated rings. The molecule has 0 bridgehead atoms. The molecule has 226 valence electrons. The van der Waals surface area contributed by atoms with Crippen molar-refractivity contribution in [3.8, 4) is 22.9 Å². The number of allylic oxidation sites excluding steroid dienone is 2. The second-order valence-electron chi connectivity index (χ2n) is 12.6. The molecule has 5 rings (SSSR count). The first kappa shape index (κ1) is 30.2. The average molecular weight is 586 g/mol. The Labute approximate surface area is 251 Å². The summed E-state index contributed by atoms with van der Waals surface area (Å²) < 4.78 is 14.0. The number of hydrogen-bond acceptors (Lipinski definition) is 7. The molecule has 3 aromatic rings. The summed E-state index contributed by atoms with van der Waals surface area (Å²) in [4.78, 5) is 49.7. The van der Waals surface area contributed by atoms with Crippen molar-refractivity contribution in [1.29, 1.82) is 0 Å². The molecule has 1 aromatic carbocycles. The quantitative estimate of drug-likeness (QED) is 0.342. The number of rotatable bonds is 7. The number of benzene rings is 1. The number of ketones is 1. The third-order valence-electron chi connectivity index (χ3n) is 8.40. The summed E-state index contributed by atoms with van der Waals surface area (Å²) >= 11 is 0. The van der Waals surface area contributed by atoms with Crippen molar-refractivity contribution in [3.63, 3.8) is 0 Å². The van der Waals surface area contributed by atoms with Crippen molar-refractivity contribution in [2.24, 2.45) is 5.41 Å². The highest BCUT2D eigenvalue weighted by molar-refractivity contribution is 6.00. The number of aryl methyl sites for hydroxylation is 1. The van der Waals surface area contributed by atoms with Crippen LogP contribution in [0.1, 0.15) is 104 Å². The fraction of sp³-hybridized carbons (Fsp3) is 0.441. The van der Waals surface area contributed by atoms with Gasteiger partial charge in [-0.2, -0.15) is 4.98 Å². The summed E-state index contributed by atoms with van der Waals surface area (Å²) in [6.07, 6.45) is 1.56. The van der Waals surface area contributed by atoms with Crippen molar-refractivity contribution in [3.05, 3.63) is 79.7 Å². The van der Waals surface area contributed by atoms with Crippen molar-refractivity contribution < 1.29 is 24.2 Å². The fourth-order valence-corrected chi connectivity index (χ4v) is 6.42. The number of carbonyl (C=O) groups is 2. The van der Waals surface area contributed by atoms with Gasteiger partial charge in [-0.15, -0.1) is 0 Å². The first-order valence-electron chi connectivity index (χ1n) is 14.8. The van der Waals surface area contributed by atoms with E-state index < -0.39 is 11.9 Å². The van der Waals surface area contributed by atoms with Crippen LogP contribution < -0.4 is 15.0 Å². The van der Waals surface area contributed by atoms with Crippen LogP contribution in [0.25, 0.3) is 11.3 Å². The Kier molecular flexibility index (Phi) is 7.79. The first-order chi connectivity index (χ1) is 20.3. The van der Waals surface area contributed by atoms with E-state index in [1.165, 1.54) is 0 Å². The molecule has 1 N–H and O–H groups in total. The molecule has 2 aromatic heterocycles. The molecule has 1 atom stereocenters. The molecule has 0 radical (unpaired) electrons. The summed E-state index contributed by atoms with van der Waals surface area (Å²) in [5.41, 5.74) is 3.24. The van der Waals surface area contributed by atoms with Gasteiger partial charge >= 0.3 is 5.97 Å². The van der Waals surface area contributed by atoms with Crippen LogP contribution in [0.4, 0.5) is 0 Å². The maximum atomic E-state index is 14.4. The van der Waals surface area contributed by atoms with Gasteiger partial charge in [0.25, 0.3) is 5.56 Å². The van der Waals surface area contributed by atoms with E-state index >= 15 is 0 Å². The number of ether oxygens (including phenoxy) is 2. The SMILES string of the molecule is CCCn1c(C(C)C)nc2c(c1=O)[C@@H](c1c(OC)ccc(-c3ccc(C)c(C(=O)O)n3)c1C)C1=C(CC(C)(C)CC1=O)O2. The van der Waals surface area contributed by atoms with Gasteiger partial charge in [-0.3, -0.25) is 14.2 Å². The van der Waals surface area contributed by atoms with Crippen molar-refractivity contribution in [1.82, 2.24) is 14.5 Å². The van der Waals surface area contributed by atoms with Gasteiger partial charge in [0.1, 0.15) is 17.3 Å². The zero-order chi connectivity index (χ0) is 31.4. The van der Waals surface area contributed by atoms with Crippen LogP contribution in [0.2, 0.25) is 0 Å². The molecule has 3 heterocycles. The minimum absolute atomic E-state index is 0.0259. The molecule has 1 aliphatic heterocycles. The normalized spacial score (nSPS) is 17.4. The van der Waals surface area contributed by atoms with Crippen LogP contribution in [0.5, 0.6) is 11.6 Å². The minimum Gasteiger partial charge on any atom is -0.496 e. The number of hydrogen-bond donors (Lipinski definition) is 1. The standard InChI is InChI=1S/C34H39N3O6/c1-9-14-37-30(17(2)3)36-31-28(32(37)39)27(26-22(38)15-34(6,7)16-24(26)43-31)25-19(5)20(11-13-23(25)42-8)21-12-10-18(4)29(35-21)33(40)41/h10-13,17,27H,9,14-16H2,1-8H3,(H,40,41)/t27-/m0/s1. The Morgan fingerprint density at radius 2 is 1.84 bits per heavy atom. The molecule has 43 heavy (non-hydrogen) atoms. The second kappa shape index (κ2) is 11.1.